The van der Waals surface area contributed by atoms with Gasteiger partial charge in [0.15, 0.2) is 0 Å². The molecule has 2 amide bonds. The second-order valence-electron chi connectivity index (χ2n) is 6.15. The summed E-state index contributed by atoms with van der Waals surface area (Å²) in [5, 5.41) is 9.60. The molecule has 4 rings (SSSR count). The van der Waals surface area contributed by atoms with E-state index < -0.39 is 6.03 Å². The minimum absolute atomic E-state index is 0.580. The summed E-state index contributed by atoms with van der Waals surface area (Å²) in [6, 6.07) is 23.5. The molecule has 5 heteroatoms. The number of hydrogen-bond donors (Lipinski definition) is 2. The van der Waals surface area contributed by atoms with Crippen LogP contribution in [0, 0.1) is 6.92 Å². The third kappa shape index (κ3) is 2.91. The minimum atomic E-state index is -0.580. The number of amides is 2. The molecule has 3 N–H and O–H groups in total. The Morgan fingerprint density at radius 1 is 1.00 bits per heavy atom. The van der Waals surface area contributed by atoms with E-state index in [0.717, 1.165) is 22.6 Å². The molecule has 0 radical (unpaired) electrons. The molecule has 0 unspecified atom stereocenters. The van der Waals surface area contributed by atoms with Crippen molar-refractivity contribution in [2.45, 2.75) is 6.92 Å². The van der Waals surface area contributed by atoms with Crippen LogP contribution in [0.15, 0.2) is 72.8 Å². The van der Waals surface area contributed by atoms with Crippen molar-refractivity contribution < 1.29 is 4.79 Å². The molecule has 26 heavy (non-hydrogen) atoms. The Bertz CT molecular complexity index is 1090. The van der Waals surface area contributed by atoms with Gasteiger partial charge < -0.3 is 11.1 Å². The van der Waals surface area contributed by atoms with E-state index in [-0.39, 0.29) is 0 Å². The highest BCUT2D eigenvalue weighted by molar-refractivity contribution is 5.96. The van der Waals surface area contributed by atoms with Crippen molar-refractivity contribution in [1.29, 1.82) is 0 Å². The second kappa shape index (κ2) is 6.37. The van der Waals surface area contributed by atoms with E-state index in [0.29, 0.717) is 5.69 Å². The molecule has 128 valence electrons. The number of rotatable bonds is 3. The van der Waals surface area contributed by atoms with Crippen LogP contribution < -0.4 is 11.1 Å². The number of carbonyl (C=O) groups excluding carboxylic acids is 1. The van der Waals surface area contributed by atoms with Gasteiger partial charge in [0, 0.05) is 11.3 Å². The largest absolute Gasteiger partial charge is 0.351 e. The predicted molar refractivity (Wildman–Crippen MR) is 104 cm³/mol. The summed E-state index contributed by atoms with van der Waals surface area (Å²) in [5.74, 6) is 0. The van der Waals surface area contributed by atoms with E-state index in [2.05, 4.69) is 46.8 Å². The number of nitrogens with zero attached hydrogens (tertiary/aromatic N) is 2. The Balaban J connectivity index is 1.83. The van der Waals surface area contributed by atoms with Gasteiger partial charge in [0.2, 0.25) is 0 Å². The molecule has 1 aromatic heterocycles. The first-order valence-electron chi connectivity index (χ1n) is 8.33. The van der Waals surface area contributed by atoms with Gasteiger partial charge >= 0.3 is 6.03 Å². The first-order chi connectivity index (χ1) is 12.6. The van der Waals surface area contributed by atoms with E-state index in [1.54, 1.807) is 0 Å². The molecular formula is C21H18N4O. The summed E-state index contributed by atoms with van der Waals surface area (Å²) in [4.78, 5) is 11.0. The maximum absolute atomic E-state index is 11.0. The normalized spacial score (nSPS) is 10.8. The molecule has 0 aliphatic heterocycles. The molecule has 0 saturated heterocycles. The Labute approximate surface area is 151 Å². The molecule has 0 saturated carbocycles. The van der Waals surface area contributed by atoms with Gasteiger partial charge in [0.1, 0.15) is 0 Å². The molecule has 0 spiro atoms. The number of urea groups is 1. The molecule has 0 bridgehead atoms. The van der Waals surface area contributed by atoms with Crippen LogP contribution in [0.5, 0.6) is 0 Å². The number of fused-ring (bicyclic) bond motifs is 1. The molecule has 0 aliphatic rings. The van der Waals surface area contributed by atoms with Crippen LogP contribution in [0.3, 0.4) is 0 Å². The van der Waals surface area contributed by atoms with E-state index in [1.165, 1.54) is 10.8 Å². The lowest BCUT2D eigenvalue weighted by molar-refractivity contribution is 0.259. The third-order valence-electron chi connectivity index (χ3n) is 4.28. The highest BCUT2D eigenvalue weighted by Gasteiger charge is 2.12. The zero-order valence-electron chi connectivity index (χ0n) is 14.3. The average molecular weight is 342 g/mol. The fourth-order valence-corrected chi connectivity index (χ4v) is 3.17. The lowest BCUT2D eigenvalue weighted by atomic mass is 10.0. The highest BCUT2D eigenvalue weighted by atomic mass is 16.2. The number of nitrogens with one attached hydrogen (secondary N) is 1. The van der Waals surface area contributed by atoms with Crippen molar-refractivity contribution >= 4 is 22.5 Å². The SMILES string of the molecule is Cc1cc(-c2cccc3ccccc23)n(-c2ccc(NC(N)=O)cc2)n1. The molecule has 0 fully saturated rings. The summed E-state index contributed by atoms with van der Waals surface area (Å²) in [6.45, 7) is 1.98. The highest BCUT2D eigenvalue weighted by Crippen LogP contribution is 2.31. The topological polar surface area (TPSA) is 72.9 Å². The first kappa shape index (κ1) is 15.9. The molecule has 3 aromatic carbocycles. The zero-order chi connectivity index (χ0) is 18.1. The summed E-state index contributed by atoms with van der Waals surface area (Å²) in [5.41, 5.74) is 9.81. The predicted octanol–water partition coefficient (Wildman–Crippen LogP) is 4.49. The number of anilines is 1. The van der Waals surface area contributed by atoms with Gasteiger partial charge in [-0.15, -0.1) is 0 Å². The van der Waals surface area contributed by atoms with Gasteiger partial charge in [-0.25, -0.2) is 9.48 Å². The van der Waals surface area contributed by atoms with Gasteiger partial charge in [-0.1, -0.05) is 42.5 Å². The minimum Gasteiger partial charge on any atom is -0.351 e. The van der Waals surface area contributed by atoms with Crippen LogP contribution in [-0.2, 0) is 0 Å². The number of hydrogen-bond acceptors (Lipinski definition) is 2. The maximum Gasteiger partial charge on any atom is 0.316 e. The van der Waals surface area contributed by atoms with Crippen molar-refractivity contribution in [1.82, 2.24) is 9.78 Å². The summed E-state index contributed by atoms with van der Waals surface area (Å²) in [7, 11) is 0. The van der Waals surface area contributed by atoms with Crippen LogP contribution in [0.2, 0.25) is 0 Å². The lowest BCUT2D eigenvalue weighted by Crippen LogP contribution is -2.19. The van der Waals surface area contributed by atoms with Gasteiger partial charge in [0.25, 0.3) is 0 Å². The number of aryl methyl sites for hydroxylation is 1. The van der Waals surface area contributed by atoms with Crippen LogP contribution in [0.4, 0.5) is 10.5 Å². The second-order valence-corrected chi connectivity index (χ2v) is 6.15. The Morgan fingerprint density at radius 2 is 1.73 bits per heavy atom. The Morgan fingerprint density at radius 3 is 2.50 bits per heavy atom. The number of nitrogens with two attached hydrogens (primary N) is 1. The summed E-state index contributed by atoms with van der Waals surface area (Å²) >= 11 is 0. The molecular weight excluding hydrogens is 324 g/mol. The first-order valence-corrected chi connectivity index (χ1v) is 8.33. The standard InChI is InChI=1S/C21H18N4O/c1-14-13-20(19-8-4-6-15-5-2-3-7-18(15)19)25(24-14)17-11-9-16(10-12-17)23-21(22)26/h2-13H,1H3,(H3,22,23,26). The van der Waals surface area contributed by atoms with Gasteiger partial charge in [-0.2, -0.15) is 5.10 Å². The molecule has 5 nitrogen and oxygen atoms in total. The number of primary amides is 1. The number of aromatic nitrogens is 2. The Kier molecular flexibility index (Phi) is 3.89. The number of benzene rings is 3. The molecule has 0 atom stereocenters. The van der Waals surface area contributed by atoms with Crippen molar-refractivity contribution in [2.24, 2.45) is 5.73 Å². The lowest BCUT2D eigenvalue weighted by Gasteiger charge is -2.11. The average Bonchev–Trinajstić information content (AvgIpc) is 3.03. The van der Waals surface area contributed by atoms with Gasteiger partial charge in [0.05, 0.1) is 17.1 Å². The van der Waals surface area contributed by atoms with Crippen LogP contribution in [0.25, 0.3) is 27.7 Å². The van der Waals surface area contributed by atoms with E-state index in [1.807, 2.05) is 48.0 Å². The number of carbonyl (C=O) groups is 1. The van der Waals surface area contributed by atoms with Gasteiger partial charge in [-0.05, 0) is 48.0 Å². The Hall–Kier alpha value is -3.60. The third-order valence-corrected chi connectivity index (χ3v) is 4.28. The fraction of sp³-hybridized carbons (Fsp3) is 0.0476. The van der Waals surface area contributed by atoms with E-state index in [9.17, 15) is 4.79 Å². The van der Waals surface area contributed by atoms with Crippen molar-refractivity contribution in [3.8, 4) is 16.9 Å². The van der Waals surface area contributed by atoms with E-state index in [4.69, 9.17) is 5.73 Å². The molecule has 1 heterocycles. The summed E-state index contributed by atoms with van der Waals surface area (Å²) < 4.78 is 1.92. The van der Waals surface area contributed by atoms with Crippen LogP contribution in [0.1, 0.15) is 5.69 Å². The summed E-state index contributed by atoms with van der Waals surface area (Å²) in [6.07, 6.45) is 0. The fourth-order valence-electron chi connectivity index (χ4n) is 3.17. The van der Waals surface area contributed by atoms with Crippen molar-refractivity contribution in [3.05, 3.63) is 78.5 Å². The van der Waals surface area contributed by atoms with Crippen molar-refractivity contribution in [2.75, 3.05) is 5.32 Å². The van der Waals surface area contributed by atoms with Crippen LogP contribution >= 0.6 is 0 Å². The molecule has 0 aliphatic carbocycles. The van der Waals surface area contributed by atoms with Gasteiger partial charge in [-0.3, -0.25) is 0 Å². The smallest absolute Gasteiger partial charge is 0.316 e. The van der Waals surface area contributed by atoms with E-state index >= 15 is 0 Å². The van der Waals surface area contributed by atoms with Crippen molar-refractivity contribution in [3.63, 3.8) is 0 Å². The maximum atomic E-state index is 11.0. The zero-order valence-corrected chi connectivity index (χ0v) is 14.3. The quantitative estimate of drug-likeness (QED) is 0.576. The van der Waals surface area contributed by atoms with Crippen LogP contribution in [-0.4, -0.2) is 15.8 Å². The monoisotopic (exact) mass is 342 g/mol. The molecule has 4 aromatic rings.